The van der Waals surface area contributed by atoms with E-state index in [9.17, 15) is 0 Å². The molecule has 0 N–H and O–H groups in total. The summed E-state index contributed by atoms with van der Waals surface area (Å²) < 4.78 is 0. The van der Waals surface area contributed by atoms with Crippen molar-refractivity contribution in [2.75, 3.05) is 0 Å². The molecule has 0 aromatic heterocycles. The third-order valence-electron chi connectivity index (χ3n) is 2.93. The molecule has 14 heavy (non-hydrogen) atoms. The normalized spacial score (nSPS) is 10.7. The van der Waals surface area contributed by atoms with E-state index < -0.39 is 0 Å². The van der Waals surface area contributed by atoms with Crippen LogP contribution in [0.3, 0.4) is 0 Å². The largest absolute Gasteiger partial charge is 0.0770 e. The van der Waals surface area contributed by atoms with Crippen LogP contribution < -0.4 is 0 Å². The molecule has 0 aliphatic heterocycles. The maximum atomic E-state index is 2.30. The van der Waals surface area contributed by atoms with Crippen LogP contribution in [0.4, 0.5) is 0 Å². The Balaban J connectivity index is 4.47. The number of rotatable bonds is 7. The maximum Gasteiger partial charge on any atom is -0.0201 e. The average molecular weight is 196 g/mol. The first-order chi connectivity index (χ1) is 6.67. The molecule has 0 fully saturated rings. The molecule has 0 unspecified atom stereocenters. The topological polar surface area (TPSA) is 0 Å². The van der Waals surface area contributed by atoms with Crippen LogP contribution in [0.2, 0.25) is 0 Å². The van der Waals surface area contributed by atoms with Crippen LogP contribution >= 0.6 is 0 Å². The first-order valence-electron chi connectivity index (χ1n) is 6.33. The van der Waals surface area contributed by atoms with Crippen molar-refractivity contribution in [2.45, 2.75) is 73.1 Å². The Morgan fingerprint density at radius 1 is 0.857 bits per heavy atom. The van der Waals surface area contributed by atoms with Crippen LogP contribution in [0.15, 0.2) is 11.1 Å². The van der Waals surface area contributed by atoms with Gasteiger partial charge in [-0.2, -0.15) is 0 Å². The molecule has 0 heteroatoms. The van der Waals surface area contributed by atoms with Crippen molar-refractivity contribution in [2.24, 2.45) is 5.92 Å². The van der Waals surface area contributed by atoms with Crippen molar-refractivity contribution in [1.82, 2.24) is 0 Å². The van der Waals surface area contributed by atoms with Gasteiger partial charge in [0, 0.05) is 0 Å². The fourth-order valence-electron chi connectivity index (χ4n) is 2.32. The molecule has 0 heterocycles. The molecule has 0 spiro atoms. The van der Waals surface area contributed by atoms with Crippen molar-refractivity contribution >= 4 is 0 Å². The summed E-state index contributed by atoms with van der Waals surface area (Å²) in [6.45, 7) is 11.5. The Hall–Kier alpha value is -0.260. The van der Waals surface area contributed by atoms with Crippen molar-refractivity contribution in [1.29, 1.82) is 0 Å². The van der Waals surface area contributed by atoms with E-state index in [4.69, 9.17) is 0 Å². The lowest BCUT2D eigenvalue weighted by Crippen LogP contribution is -2.05. The van der Waals surface area contributed by atoms with Crippen LogP contribution in [0, 0.1) is 5.92 Å². The van der Waals surface area contributed by atoms with Crippen LogP contribution in [-0.2, 0) is 0 Å². The molecule has 0 aromatic rings. The van der Waals surface area contributed by atoms with E-state index in [0.29, 0.717) is 0 Å². The Bertz CT molecular complexity index is 155. The molecule has 0 bridgehead atoms. The quantitative estimate of drug-likeness (QED) is 0.482. The predicted molar refractivity (Wildman–Crippen MR) is 66.6 cm³/mol. The number of allylic oxidation sites excluding steroid dienone is 2. The maximum absolute atomic E-state index is 2.30. The molecule has 0 radical (unpaired) electrons. The highest BCUT2D eigenvalue weighted by atomic mass is 14.2. The van der Waals surface area contributed by atoms with Gasteiger partial charge in [0.15, 0.2) is 0 Å². The molecule has 0 nitrogen and oxygen atoms in total. The molecule has 0 saturated heterocycles. The van der Waals surface area contributed by atoms with Gasteiger partial charge >= 0.3 is 0 Å². The Morgan fingerprint density at radius 2 is 1.36 bits per heavy atom. The molecule has 0 aromatic carbocycles. The van der Waals surface area contributed by atoms with Crippen LogP contribution in [0.5, 0.6) is 0 Å². The van der Waals surface area contributed by atoms with Crippen molar-refractivity contribution < 1.29 is 0 Å². The highest BCUT2D eigenvalue weighted by Crippen LogP contribution is 2.28. The summed E-state index contributed by atoms with van der Waals surface area (Å²) >= 11 is 0. The average Bonchev–Trinajstić information content (AvgIpc) is 2.13. The van der Waals surface area contributed by atoms with E-state index in [0.717, 1.165) is 5.92 Å². The summed E-state index contributed by atoms with van der Waals surface area (Å²) in [4.78, 5) is 0. The van der Waals surface area contributed by atoms with E-state index in [-0.39, 0.29) is 0 Å². The second kappa shape index (κ2) is 8.08. The third-order valence-corrected chi connectivity index (χ3v) is 2.93. The van der Waals surface area contributed by atoms with E-state index in [1.807, 2.05) is 0 Å². The fraction of sp³-hybridized carbons (Fsp3) is 0.857. The molecular formula is C14H28. The second-order valence-corrected chi connectivity index (χ2v) is 4.55. The van der Waals surface area contributed by atoms with Gasteiger partial charge in [0.25, 0.3) is 0 Å². The monoisotopic (exact) mass is 196 g/mol. The predicted octanol–water partition coefficient (Wildman–Crippen LogP) is 5.34. The van der Waals surface area contributed by atoms with Gasteiger partial charge in [-0.1, -0.05) is 51.2 Å². The smallest absolute Gasteiger partial charge is 0.0201 e. The summed E-state index contributed by atoms with van der Waals surface area (Å²) in [6.07, 6.45) is 8.02. The van der Waals surface area contributed by atoms with Crippen molar-refractivity contribution in [3.05, 3.63) is 11.1 Å². The molecule has 0 aliphatic carbocycles. The highest BCUT2D eigenvalue weighted by Gasteiger charge is 2.12. The molecule has 0 atom stereocenters. The van der Waals surface area contributed by atoms with E-state index in [1.54, 1.807) is 11.1 Å². The Kier molecular flexibility index (Phi) is 7.93. The van der Waals surface area contributed by atoms with Gasteiger partial charge < -0.3 is 0 Å². The van der Waals surface area contributed by atoms with Gasteiger partial charge in [0.2, 0.25) is 0 Å². The zero-order valence-corrected chi connectivity index (χ0v) is 10.8. The lowest BCUT2D eigenvalue weighted by Gasteiger charge is -2.21. The molecule has 0 aliphatic rings. The molecule has 84 valence electrons. The second-order valence-electron chi connectivity index (χ2n) is 4.55. The standard InChI is InChI=1S/C14H28/c1-6-9-13(10-7-2)14(11-8-3)12(4)5/h13H,6-11H2,1-5H3. The van der Waals surface area contributed by atoms with E-state index in [1.165, 1.54) is 38.5 Å². The summed E-state index contributed by atoms with van der Waals surface area (Å²) in [5.41, 5.74) is 3.31. The SMILES string of the molecule is CCCC(=C(C)C)C(CCC)CCC. The van der Waals surface area contributed by atoms with Crippen LogP contribution in [-0.4, -0.2) is 0 Å². The van der Waals surface area contributed by atoms with Gasteiger partial charge in [-0.15, -0.1) is 0 Å². The van der Waals surface area contributed by atoms with Gasteiger partial charge in [-0.05, 0) is 39.0 Å². The van der Waals surface area contributed by atoms with Crippen molar-refractivity contribution in [3.63, 3.8) is 0 Å². The minimum absolute atomic E-state index is 0.870. The first-order valence-corrected chi connectivity index (χ1v) is 6.33. The molecule has 0 saturated carbocycles. The lowest BCUT2D eigenvalue weighted by atomic mass is 9.85. The van der Waals surface area contributed by atoms with Gasteiger partial charge in [0.1, 0.15) is 0 Å². The Morgan fingerprint density at radius 3 is 1.64 bits per heavy atom. The molecular weight excluding hydrogens is 168 g/mol. The summed E-state index contributed by atoms with van der Waals surface area (Å²) in [7, 11) is 0. The van der Waals surface area contributed by atoms with Crippen molar-refractivity contribution in [3.8, 4) is 0 Å². The number of hydrogen-bond donors (Lipinski definition) is 0. The van der Waals surface area contributed by atoms with Crippen LogP contribution in [0.1, 0.15) is 73.1 Å². The minimum Gasteiger partial charge on any atom is -0.0770 e. The molecule has 0 rings (SSSR count). The summed E-state index contributed by atoms with van der Waals surface area (Å²) in [6, 6.07) is 0. The highest BCUT2D eigenvalue weighted by molar-refractivity contribution is 5.13. The molecule has 0 amide bonds. The Labute approximate surface area is 90.8 Å². The van der Waals surface area contributed by atoms with E-state index in [2.05, 4.69) is 34.6 Å². The summed E-state index contributed by atoms with van der Waals surface area (Å²) in [5.74, 6) is 0.870. The van der Waals surface area contributed by atoms with Crippen LogP contribution in [0.25, 0.3) is 0 Å². The zero-order chi connectivity index (χ0) is 11.0. The first kappa shape index (κ1) is 13.7. The fourth-order valence-corrected chi connectivity index (χ4v) is 2.32. The third kappa shape index (κ3) is 4.83. The number of hydrogen-bond acceptors (Lipinski definition) is 0. The van der Waals surface area contributed by atoms with Gasteiger partial charge in [-0.25, -0.2) is 0 Å². The lowest BCUT2D eigenvalue weighted by molar-refractivity contribution is 0.483. The summed E-state index contributed by atoms with van der Waals surface area (Å²) in [5, 5.41) is 0. The van der Waals surface area contributed by atoms with Gasteiger partial charge in [-0.3, -0.25) is 0 Å². The van der Waals surface area contributed by atoms with Gasteiger partial charge in [0.05, 0.1) is 0 Å². The zero-order valence-electron chi connectivity index (χ0n) is 10.8. The van der Waals surface area contributed by atoms with E-state index >= 15 is 0 Å². The minimum atomic E-state index is 0.870.